The van der Waals surface area contributed by atoms with Crippen LogP contribution in [-0.2, 0) is 14.8 Å². The molecule has 0 aliphatic carbocycles. The molecule has 2 aromatic carbocycles. The largest absolute Gasteiger partial charge is 0.435 e. The molecular weight excluding hydrogens is 444 g/mol. The van der Waals surface area contributed by atoms with E-state index in [1.165, 1.54) is 38.4 Å². The maximum Gasteiger partial charge on any atom is 0.387 e. The number of carbonyl (C=O) groups is 1. The van der Waals surface area contributed by atoms with E-state index in [1.54, 1.807) is 0 Å². The number of sulfonamides is 1. The van der Waals surface area contributed by atoms with Crippen LogP contribution in [-0.4, -0.2) is 45.9 Å². The SMILES string of the molecule is CN(C)S(=O)(=O)c1cccc(NC(=O)/C=C/c2ccc(OC(F)F)cc2OC(F)F)c1. The fraction of sp³-hybridized carbons (Fsp3) is 0.211. The number of rotatable bonds is 9. The van der Waals surface area contributed by atoms with Gasteiger partial charge in [0, 0.05) is 37.5 Å². The van der Waals surface area contributed by atoms with Gasteiger partial charge < -0.3 is 14.8 Å². The van der Waals surface area contributed by atoms with Crippen LogP contribution in [0, 0.1) is 0 Å². The molecule has 1 N–H and O–H groups in total. The third-order valence-corrected chi connectivity index (χ3v) is 5.53. The Labute approximate surface area is 175 Å². The van der Waals surface area contributed by atoms with E-state index in [0.717, 1.165) is 34.7 Å². The highest BCUT2D eigenvalue weighted by Gasteiger charge is 2.17. The number of hydrogen-bond acceptors (Lipinski definition) is 5. The van der Waals surface area contributed by atoms with Crippen molar-refractivity contribution in [2.45, 2.75) is 18.1 Å². The lowest BCUT2D eigenvalue weighted by Crippen LogP contribution is -2.22. The van der Waals surface area contributed by atoms with Crippen LogP contribution in [0.4, 0.5) is 23.2 Å². The number of ether oxygens (including phenoxy) is 2. The normalized spacial score (nSPS) is 12.0. The maximum absolute atomic E-state index is 12.6. The van der Waals surface area contributed by atoms with Crippen LogP contribution in [0.3, 0.4) is 0 Å². The molecule has 12 heteroatoms. The molecule has 0 saturated heterocycles. The Kier molecular flexibility index (Phi) is 8.00. The van der Waals surface area contributed by atoms with Crippen molar-refractivity contribution in [1.29, 1.82) is 0 Å². The third-order valence-electron chi connectivity index (χ3n) is 3.72. The van der Waals surface area contributed by atoms with Crippen LogP contribution < -0.4 is 14.8 Å². The molecule has 0 aliphatic rings. The molecule has 0 fully saturated rings. The van der Waals surface area contributed by atoms with Crippen LogP contribution in [0.1, 0.15) is 5.56 Å². The molecule has 0 unspecified atom stereocenters. The first-order valence-electron chi connectivity index (χ1n) is 8.54. The zero-order valence-corrected chi connectivity index (χ0v) is 17.1. The number of benzene rings is 2. The molecule has 31 heavy (non-hydrogen) atoms. The van der Waals surface area contributed by atoms with E-state index in [2.05, 4.69) is 14.8 Å². The van der Waals surface area contributed by atoms with Gasteiger partial charge in [0.15, 0.2) is 0 Å². The topological polar surface area (TPSA) is 84.9 Å². The molecule has 0 bridgehead atoms. The monoisotopic (exact) mass is 462 g/mol. The van der Waals surface area contributed by atoms with Gasteiger partial charge in [-0.15, -0.1) is 0 Å². The molecule has 0 radical (unpaired) electrons. The average molecular weight is 462 g/mol. The lowest BCUT2D eigenvalue weighted by molar-refractivity contribution is -0.111. The predicted octanol–water partition coefficient (Wildman–Crippen LogP) is 3.79. The highest BCUT2D eigenvalue weighted by atomic mass is 32.2. The zero-order chi connectivity index (χ0) is 23.2. The molecule has 0 saturated carbocycles. The van der Waals surface area contributed by atoms with Crippen LogP contribution in [0.25, 0.3) is 6.08 Å². The van der Waals surface area contributed by atoms with E-state index in [-0.39, 0.29) is 16.1 Å². The molecule has 0 aliphatic heterocycles. The van der Waals surface area contributed by atoms with Crippen molar-refractivity contribution in [3.05, 3.63) is 54.1 Å². The van der Waals surface area contributed by atoms with Crippen molar-refractivity contribution in [3.8, 4) is 11.5 Å². The van der Waals surface area contributed by atoms with Crippen molar-refractivity contribution in [3.63, 3.8) is 0 Å². The Morgan fingerprint density at radius 3 is 2.32 bits per heavy atom. The first-order valence-corrected chi connectivity index (χ1v) is 9.98. The quantitative estimate of drug-likeness (QED) is 0.453. The van der Waals surface area contributed by atoms with Gasteiger partial charge in [-0.2, -0.15) is 17.6 Å². The summed E-state index contributed by atoms with van der Waals surface area (Å²) < 4.78 is 83.6. The minimum absolute atomic E-state index is 0.000928. The Morgan fingerprint density at radius 2 is 1.71 bits per heavy atom. The second kappa shape index (κ2) is 10.3. The second-order valence-electron chi connectivity index (χ2n) is 6.09. The Bertz CT molecular complexity index is 1060. The number of carbonyl (C=O) groups excluding carboxylic acids is 1. The molecule has 0 aromatic heterocycles. The Hall–Kier alpha value is -3.12. The number of halogens is 4. The highest BCUT2D eigenvalue weighted by Crippen LogP contribution is 2.28. The molecule has 7 nitrogen and oxygen atoms in total. The maximum atomic E-state index is 12.6. The van der Waals surface area contributed by atoms with Gasteiger partial charge in [-0.3, -0.25) is 4.79 Å². The van der Waals surface area contributed by atoms with Crippen molar-refractivity contribution in [2.75, 3.05) is 19.4 Å². The van der Waals surface area contributed by atoms with Crippen molar-refractivity contribution in [2.24, 2.45) is 0 Å². The smallest absolute Gasteiger partial charge is 0.387 e. The van der Waals surface area contributed by atoms with Crippen LogP contribution in [0.5, 0.6) is 11.5 Å². The van der Waals surface area contributed by atoms with E-state index in [4.69, 9.17) is 0 Å². The van der Waals surface area contributed by atoms with Gasteiger partial charge in [0.1, 0.15) is 11.5 Å². The summed E-state index contributed by atoms with van der Waals surface area (Å²) in [7, 11) is -0.987. The summed E-state index contributed by atoms with van der Waals surface area (Å²) in [5, 5.41) is 2.44. The van der Waals surface area contributed by atoms with E-state index in [0.29, 0.717) is 0 Å². The number of hydrogen-bond donors (Lipinski definition) is 1. The molecule has 1 amide bonds. The number of anilines is 1. The van der Waals surface area contributed by atoms with E-state index >= 15 is 0 Å². The number of alkyl halides is 4. The average Bonchev–Trinajstić information content (AvgIpc) is 2.66. The van der Waals surface area contributed by atoms with Crippen LogP contribution in [0.2, 0.25) is 0 Å². The van der Waals surface area contributed by atoms with Crippen LogP contribution in [0.15, 0.2) is 53.4 Å². The highest BCUT2D eigenvalue weighted by molar-refractivity contribution is 7.89. The summed E-state index contributed by atoms with van der Waals surface area (Å²) in [4.78, 5) is 12.1. The van der Waals surface area contributed by atoms with Gasteiger partial charge in [-0.05, 0) is 36.4 Å². The van der Waals surface area contributed by atoms with Gasteiger partial charge in [0.05, 0.1) is 4.90 Å². The molecule has 0 atom stereocenters. The molecule has 168 valence electrons. The Balaban J connectivity index is 2.20. The molecule has 0 spiro atoms. The second-order valence-corrected chi connectivity index (χ2v) is 8.25. The van der Waals surface area contributed by atoms with Gasteiger partial charge in [-0.1, -0.05) is 6.07 Å². The van der Waals surface area contributed by atoms with Gasteiger partial charge in [-0.25, -0.2) is 12.7 Å². The number of nitrogens with zero attached hydrogens (tertiary/aromatic N) is 1. The van der Waals surface area contributed by atoms with E-state index in [1.807, 2.05) is 0 Å². The number of nitrogens with one attached hydrogen (secondary N) is 1. The fourth-order valence-corrected chi connectivity index (χ4v) is 3.27. The van der Waals surface area contributed by atoms with Gasteiger partial charge >= 0.3 is 13.2 Å². The summed E-state index contributed by atoms with van der Waals surface area (Å²) in [6.45, 7) is -6.39. The number of amides is 1. The third kappa shape index (κ3) is 6.96. The lowest BCUT2D eigenvalue weighted by Gasteiger charge is -2.12. The molecule has 0 heterocycles. The fourth-order valence-electron chi connectivity index (χ4n) is 2.32. The van der Waals surface area contributed by atoms with Gasteiger partial charge in [0.2, 0.25) is 15.9 Å². The summed E-state index contributed by atoms with van der Waals surface area (Å²) in [5.74, 6) is -1.57. The Morgan fingerprint density at radius 1 is 1.03 bits per heavy atom. The summed E-state index contributed by atoms with van der Waals surface area (Å²) in [5.41, 5.74) is 0.184. The lowest BCUT2D eigenvalue weighted by atomic mass is 10.1. The van der Waals surface area contributed by atoms with Crippen LogP contribution >= 0.6 is 0 Å². The van der Waals surface area contributed by atoms with Crippen molar-refractivity contribution < 1.29 is 40.2 Å². The molecule has 2 rings (SSSR count). The molecule has 2 aromatic rings. The zero-order valence-electron chi connectivity index (χ0n) is 16.3. The van der Waals surface area contributed by atoms with E-state index < -0.39 is 40.7 Å². The van der Waals surface area contributed by atoms with Crippen molar-refractivity contribution >= 4 is 27.7 Å². The minimum atomic E-state index is -3.71. The van der Waals surface area contributed by atoms with Crippen molar-refractivity contribution in [1.82, 2.24) is 4.31 Å². The first kappa shape index (κ1) is 24.2. The van der Waals surface area contributed by atoms with Gasteiger partial charge in [0.25, 0.3) is 0 Å². The predicted molar refractivity (Wildman–Crippen MR) is 105 cm³/mol. The first-order chi connectivity index (χ1) is 14.5. The molecular formula is C19H18F4N2O5S. The minimum Gasteiger partial charge on any atom is -0.435 e. The summed E-state index contributed by atoms with van der Waals surface area (Å²) >= 11 is 0. The standard InChI is InChI=1S/C19H18F4N2O5S/c1-25(2)31(27,28)15-5-3-4-13(10-15)24-17(26)9-7-12-6-8-14(29-18(20)21)11-16(12)30-19(22)23/h3-11,18-19H,1-2H3,(H,24,26)/b9-7+. The summed E-state index contributed by atoms with van der Waals surface area (Å²) in [6.07, 6.45) is 2.11. The van der Waals surface area contributed by atoms with E-state index in [9.17, 15) is 30.8 Å². The summed E-state index contributed by atoms with van der Waals surface area (Å²) in [6, 6.07) is 8.60.